The number of hydrogen-bond donors (Lipinski definition) is 1. The second-order valence-corrected chi connectivity index (χ2v) is 7.02. The largest absolute Gasteiger partial charge is 0.409 e. The first kappa shape index (κ1) is 19.7. The summed E-state index contributed by atoms with van der Waals surface area (Å²) in [4.78, 5) is 20.8. The van der Waals surface area contributed by atoms with Crippen molar-refractivity contribution < 1.29 is 18.0 Å². The van der Waals surface area contributed by atoms with Crippen LogP contribution in [0.2, 0.25) is 0 Å². The standard InChI is InChI=1S/C22H17F3N4O/c1-14-4-6-17(11-16(14)7-5-15-3-2-10-26-12-15)21(30)28-19-13-29-18(22(23,24)25)8-9-20(29)27-19/h2-4,6,10-13,18H,8-9H2,1H3,(H,28,30). The van der Waals surface area contributed by atoms with Crippen LogP contribution in [-0.2, 0) is 6.42 Å². The summed E-state index contributed by atoms with van der Waals surface area (Å²) in [5, 5.41) is 2.58. The van der Waals surface area contributed by atoms with Gasteiger partial charge >= 0.3 is 6.18 Å². The highest BCUT2D eigenvalue weighted by Gasteiger charge is 2.44. The van der Waals surface area contributed by atoms with Gasteiger partial charge in [0.2, 0.25) is 0 Å². The lowest BCUT2D eigenvalue weighted by atomic mass is 10.0. The summed E-state index contributed by atoms with van der Waals surface area (Å²) in [5.41, 5.74) is 2.67. The highest BCUT2D eigenvalue weighted by Crippen LogP contribution is 2.39. The fraction of sp³-hybridized carbons (Fsp3) is 0.227. The predicted molar refractivity (Wildman–Crippen MR) is 105 cm³/mol. The molecule has 1 unspecified atom stereocenters. The van der Waals surface area contributed by atoms with Crippen molar-refractivity contribution in [2.75, 3.05) is 5.32 Å². The van der Waals surface area contributed by atoms with E-state index >= 15 is 0 Å². The zero-order chi connectivity index (χ0) is 21.3. The fourth-order valence-electron chi connectivity index (χ4n) is 3.34. The molecule has 3 aromatic rings. The third-order valence-electron chi connectivity index (χ3n) is 4.91. The quantitative estimate of drug-likeness (QED) is 0.642. The zero-order valence-corrected chi connectivity index (χ0v) is 16.0. The number of halogens is 3. The highest BCUT2D eigenvalue weighted by molar-refractivity contribution is 6.04. The third kappa shape index (κ3) is 4.06. The van der Waals surface area contributed by atoms with Gasteiger partial charge in [-0.1, -0.05) is 17.9 Å². The number of hydrogen-bond acceptors (Lipinski definition) is 3. The van der Waals surface area contributed by atoms with Crippen LogP contribution in [0.25, 0.3) is 0 Å². The number of aromatic nitrogens is 3. The van der Waals surface area contributed by atoms with Crippen LogP contribution in [0.1, 0.15) is 45.3 Å². The number of amides is 1. The Morgan fingerprint density at radius 2 is 2.10 bits per heavy atom. The SMILES string of the molecule is Cc1ccc(C(=O)Nc2cn3c(n2)CCC3C(F)(F)F)cc1C#Cc1cccnc1. The molecule has 1 aliphatic rings. The number of nitrogens with zero attached hydrogens (tertiary/aromatic N) is 3. The molecule has 152 valence electrons. The van der Waals surface area contributed by atoms with E-state index in [1.165, 1.54) is 6.20 Å². The second kappa shape index (κ2) is 7.67. The minimum Gasteiger partial charge on any atom is -0.320 e. The lowest BCUT2D eigenvalue weighted by Crippen LogP contribution is -2.23. The van der Waals surface area contributed by atoms with E-state index < -0.39 is 18.1 Å². The van der Waals surface area contributed by atoms with E-state index in [9.17, 15) is 18.0 Å². The van der Waals surface area contributed by atoms with E-state index in [0.717, 1.165) is 15.7 Å². The van der Waals surface area contributed by atoms with Crippen molar-refractivity contribution in [3.63, 3.8) is 0 Å². The van der Waals surface area contributed by atoms with Crippen LogP contribution >= 0.6 is 0 Å². The topological polar surface area (TPSA) is 59.8 Å². The number of pyridine rings is 1. The number of alkyl halides is 3. The van der Waals surface area contributed by atoms with E-state index in [1.807, 2.05) is 13.0 Å². The van der Waals surface area contributed by atoms with Crippen molar-refractivity contribution in [3.05, 3.63) is 77.0 Å². The van der Waals surface area contributed by atoms with Gasteiger partial charge in [0.1, 0.15) is 11.9 Å². The second-order valence-electron chi connectivity index (χ2n) is 7.02. The summed E-state index contributed by atoms with van der Waals surface area (Å²) in [6.45, 7) is 1.88. The van der Waals surface area contributed by atoms with E-state index in [0.29, 0.717) is 17.0 Å². The minimum atomic E-state index is -4.34. The summed E-state index contributed by atoms with van der Waals surface area (Å²) < 4.78 is 40.4. The number of benzene rings is 1. The monoisotopic (exact) mass is 410 g/mol. The molecule has 1 amide bonds. The molecule has 8 heteroatoms. The van der Waals surface area contributed by atoms with Gasteiger partial charge in [0.25, 0.3) is 5.91 Å². The lowest BCUT2D eigenvalue weighted by molar-refractivity contribution is -0.165. The van der Waals surface area contributed by atoms with Gasteiger partial charge in [-0.3, -0.25) is 9.78 Å². The molecule has 30 heavy (non-hydrogen) atoms. The highest BCUT2D eigenvalue weighted by atomic mass is 19.4. The van der Waals surface area contributed by atoms with Gasteiger partial charge in [0, 0.05) is 41.7 Å². The van der Waals surface area contributed by atoms with E-state index in [-0.39, 0.29) is 18.7 Å². The van der Waals surface area contributed by atoms with Crippen molar-refractivity contribution in [2.24, 2.45) is 0 Å². The molecule has 1 N–H and O–H groups in total. The van der Waals surface area contributed by atoms with Gasteiger partial charge in [-0.2, -0.15) is 13.2 Å². The van der Waals surface area contributed by atoms with Crippen LogP contribution in [-0.4, -0.2) is 26.6 Å². The Labute approximate surface area is 171 Å². The molecular formula is C22H17F3N4O. The number of imidazole rings is 1. The molecule has 3 heterocycles. The molecule has 0 saturated carbocycles. The van der Waals surface area contributed by atoms with Crippen molar-refractivity contribution in [2.45, 2.75) is 32.0 Å². The Kier molecular flexibility index (Phi) is 5.04. The summed E-state index contributed by atoms with van der Waals surface area (Å²) in [7, 11) is 0. The molecule has 0 saturated heterocycles. The Hall–Kier alpha value is -3.60. The maximum Gasteiger partial charge on any atom is 0.409 e. The first-order chi connectivity index (χ1) is 14.3. The number of anilines is 1. The van der Waals surface area contributed by atoms with Crippen molar-refractivity contribution >= 4 is 11.7 Å². The van der Waals surface area contributed by atoms with E-state index in [1.54, 1.807) is 36.7 Å². The van der Waals surface area contributed by atoms with E-state index in [4.69, 9.17) is 0 Å². The Morgan fingerprint density at radius 1 is 1.27 bits per heavy atom. The van der Waals surface area contributed by atoms with Crippen LogP contribution in [0, 0.1) is 18.8 Å². The van der Waals surface area contributed by atoms with Crippen LogP contribution in [0.4, 0.5) is 19.0 Å². The first-order valence-corrected chi connectivity index (χ1v) is 9.30. The molecule has 1 aliphatic heterocycles. The van der Waals surface area contributed by atoms with Crippen molar-refractivity contribution in [1.29, 1.82) is 0 Å². The first-order valence-electron chi connectivity index (χ1n) is 9.30. The van der Waals surface area contributed by atoms with Gasteiger partial charge < -0.3 is 9.88 Å². The van der Waals surface area contributed by atoms with Crippen LogP contribution in [0.5, 0.6) is 0 Å². The maximum absolute atomic E-state index is 13.1. The van der Waals surface area contributed by atoms with Crippen LogP contribution < -0.4 is 5.32 Å². The fourth-order valence-corrected chi connectivity index (χ4v) is 3.34. The molecule has 5 nitrogen and oxygen atoms in total. The Bertz CT molecular complexity index is 1160. The number of aryl methyl sites for hydroxylation is 2. The summed E-state index contributed by atoms with van der Waals surface area (Å²) in [6.07, 6.45) is 0.395. The summed E-state index contributed by atoms with van der Waals surface area (Å²) >= 11 is 0. The number of rotatable bonds is 2. The number of nitrogens with one attached hydrogen (secondary N) is 1. The van der Waals surface area contributed by atoms with Crippen LogP contribution in [0.15, 0.2) is 48.9 Å². The minimum absolute atomic E-state index is 0.0308. The van der Waals surface area contributed by atoms with Gasteiger partial charge in [-0.25, -0.2) is 4.98 Å². The van der Waals surface area contributed by atoms with Gasteiger partial charge in [0.05, 0.1) is 0 Å². The maximum atomic E-state index is 13.1. The van der Waals surface area contributed by atoms with Gasteiger partial charge in [-0.15, -0.1) is 0 Å². The molecular weight excluding hydrogens is 393 g/mol. The summed E-state index contributed by atoms with van der Waals surface area (Å²) in [6, 6.07) is 7.08. The van der Waals surface area contributed by atoms with Gasteiger partial charge in [0.15, 0.2) is 5.82 Å². The zero-order valence-electron chi connectivity index (χ0n) is 16.0. The number of carbonyl (C=O) groups excluding carboxylic acids is 1. The van der Waals surface area contributed by atoms with Crippen LogP contribution in [0.3, 0.4) is 0 Å². The molecule has 4 rings (SSSR count). The summed E-state index contributed by atoms with van der Waals surface area (Å²) in [5.74, 6) is 5.99. The normalized spacial score (nSPS) is 15.3. The molecule has 0 spiro atoms. The predicted octanol–water partition coefficient (Wildman–Crippen LogP) is 4.29. The average molecular weight is 410 g/mol. The third-order valence-corrected chi connectivity index (χ3v) is 4.91. The number of carbonyl (C=O) groups is 1. The Balaban J connectivity index is 1.53. The number of fused-ring (bicyclic) bond motifs is 1. The molecule has 0 bridgehead atoms. The van der Waals surface area contributed by atoms with E-state index in [2.05, 4.69) is 27.1 Å². The Morgan fingerprint density at radius 3 is 2.83 bits per heavy atom. The molecule has 2 aromatic heterocycles. The molecule has 0 radical (unpaired) electrons. The average Bonchev–Trinajstić information content (AvgIpc) is 3.27. The smallest absolute Gasteiger partial charge is 0.320 e. The van der Waals surface area contributed by atoms with Crippen molar-refractivity contribution in [1.82, 2.24) is 14.5 Å². The van der Waals surface area contributed by atoms with Gasteiger partial charge in [-0.05, 0) is 43.2 Å². The molecule has 0 aliphatic carbocycles. The lowest BCUT2D eigenvalue weighted by Gasteiger charge is -2.16. The molecule has 1 atom stereocenters. The molecule has 0 fully saturated rings. The molecule has 1 aromatic carbocycles. The van der Waals surface area contributed by atoms with Crippen molar-refractivity contribution in [3.8, 4) is 11.8 Å².